The normalized spacial score (nSPS) is 11.2. The standard InChI is InChI=1S/C13H19F2N3O3/c1-7(2)11-16-8(3)10(12(20)17-11)13(21)18(4-5-19)6-9(14)15/h7,9,19H,4-6H2,1-3H3,(H,16,17,20). The number of aliphatic hydroxyl groups excluding tert-OH is 1. The van der Waals surface area contributed by atoms with E-state index in [1.165, 1.54) is 6.92 Å². The Morgan fingerprint density at radius 3 is 2.48 bits per heavy atom. The summed E-state index contributed by atoms with van der Waals surface area (Å²) in [6, 6.07) is 0. The van der Waals surface area contributed by atoms with Crippen molar-refractivity contribution in [1.29, 1.82) is 0 Å². The van der Waals surface area contributed by atoms with Crippen LogP contribution >= 0.6 is 0 Å². The van der Waals surface area contributed by atoms with E-state index in [-0.39, 0.29) is 23.7 Å². The third-order valence-electron chi connectivity index (χ3n) is 2.89. The number of aromatic amines is 1. The van der Waals surface area contributed by atoms with Crippen LogP contribution in [-0.4, -0.2) is 52.0 Å². The van der Waals surface area contributed by atoms with E-state index in [2.05, 4.69) is 9.97 Å². The fourth-order valence-electron chi connectivity index (χ4n) is 1.85. The molecule has 0 saturated carbocycles. The number of H-pyrrole nitrogens is 1. The van der Waals surface area contributed by atoms with Gasteiger partial charge in [0.2, 0.25) is 0 Å². The number of aliphatic hydroxyl groups is 1. The van der Waals surface area contributed by atoms with Gasteiger partial charge >= 0.3 is 0 Å². The molecule has 0 saturated heterocycles. The molecule has 0 unspecified atom stereocenters. The summed E-state index contributed by atoms with van der Waals surface area (Å²) < 4.78 is 25.0. The highest BCUT2D eigenvalue weighted by Gasteiger charge is 2.24. The van der Waals surface area contributed by atoms with E-state index >= 15 is 0 Å². The molecule has 0 bridgehead atoms. The van der Waals surface area contributed by atoms with Gasteiger partial charge in [0.25, 0.3) is 17.9 Å². The SMILES string of the molecule is Cc1nc(C(C)C)[nH]c(=O)c1C(=O)N(CCO)CC(F)F. The number of carbonyl (C=O) groups excluding carboxylic acids is 1. The van der Waals surface area contributed by atoms with Crippen molar-refractivity contribution in [2.24, 2.45) is 0 Å². The minimum absolute atomic E-state index is 0.0323. The maximum atomic E-state index is 12.5. The van der Waals surface area contributed by atoms with Gasteiger partial charge in [0.05, 0.1) is 18.8 Å². The molecule has 1 rings (SSSR count). The van der Waals surface area contributed by atoms with Crippen LogP contribution in [0.25, 0.3) is 0 Å². The second-order valence-corrected chi connectivity index (χ2v) is 4.93. The molecule has 0 aliphatic heterocycles. The highest BCUT2D eigenvalue weighted by molar-refractivity contribution is 5.94. The van der Waals surface area contributed by atoms with Crippen LogP contribution in [0.3, 0.4) is 0 Å². The van der Waals surface area contributed by atoms with Gasteiger partial charge in [-0.3, -0.25) is 9.59 Å². The van der Waals surface area contributed by atoms with Gasteiger partial charge in [-0.15, -0.1) is 0 Å². The van der Waals surface area contributed by atoms with E-state index in [0.29, 0.717) is 5.82 Å². The number of nitrogens with one attached hydrogen (secondary N) is 1. The van der Waals surface area contributed by atoms with Crippen molar-refractivity contribution < 1.29 is 18.7 Å². The van der Waals surface area contributed by atoms with Gasteiger partial charge in [-0.1, -0.05) is 13.8 Å². The minimum atomic E-state index is -2.75. The number of aryl methyl sites for hydroxylation is 1. The second-order valence-electron chi connectivity index (χ2n) is 4.93. The monoisotopic (exact) mass is 303 g/mol. The van der Waals surface area contributed by atoms with E-state index in [0.717, 1.165) is 4.90 Å². The second kappa shape index (κ2) is 7.26. The molecule has 8 heteroatoms. The Kier molecular flexibility index (Phi) is 5.95. The molecule has 0 atom stereocenters. The van der Waals surface area contributed by atoms with Gasteiger partial charge in [0.1, 0.15) is 11.4 Å². The average molecular weight is 303 g/mol. The van der Waals surface area contributed by atoms with Crippen molar-refractivity contribution in [3.8, 4) is 0 Å². The first-order valence-corrected chi connectivity index (χ1v) is 6.57. The summed E-state index contributed by atoms with van der Waals surface area (Å²) in [4.78, 5) is 31.6. The number of amides is 1. The zero-order valence-electron chi connectivity index (χ0n) is 12.2. The van der Waals surface area contributed by atoms with E-state index in [1.54, 1.807) is 0 Å². The molecule has 0 aromatic carbocycles. The molecular formula is C13H19F2N3O3. The Morgan fingerprint density at radius 2 is 2.05 bits per heavy atom. The van der Waals surface area contributed by atoms with Crippen LogP contribution in [0.15, 0.2) is 4.79 Å². The van der Waals surface area contributed by atoms with Crippen LogP contribution in [0.5, 0.6) is 0 Å². The first-order chi connectivity index (χ1) is 9.77. The van der Waals surface area contributed by atoms with E-state index in [1.807, 2.05) is 13.8 Å². The van der Waals surface area contributed by atoms with Crippen molar-refractivity contribution in [3.63, 3.8) is 0 Å². The first-order valence-electron chi connectivity index (χ1n) is 6.57. The number of carbonyl (C=O) groups is 1. The molecule has 118 valence electrons. The largest absolute Gasteiger partial charge is 0.395 e. The molecule has 1 aromatic heterocycles. The number of hydrogen-bond donors (Lipinski definition) is 2. The lowest BCUT2D eigenvalue weighted by Gasteiger charge is -2.21. The predicted octanol–water partition coefficient (Wildman–Crippen LogP) is 0.901. The molecule has 0 radical (unpaired) electrons. The molecule has 1 heterocycles. The molecule has 1 aromatic rings. The highest BCUT2D eigenvalue weighted by Crippen LogP contribution is 2.11. The maximum absolute atomic E-state index is 12.5. The number of rotatable bonds is 6. The molecule has 0 aliphatic rings. The molecule has 0 aliphatic carbocycles. The Labute approximate surface area is 120 Å². The topological polar surface area (TPSA) is 86.3 Å². The van der Waals surface area contributed by atoms with Gasteiger partial charge in [-0.2, -0.15) is 0 Å². The zero-order chi connectivity index (χ0) is 16.2. The zero-order valence-corrected chi connectivity index (χ0v) is 12.2. The molecule has 0 fully saturated rings. The van der Waals surface area contributed by atoms with Crippen molar-refractivity contribution in [2.45, 2.75) is 33.1 Å². The molecule has 21 heavy (non-hydrogen) atoms. The van der Waals surface area contributed by atoms with E-state index in [9.17, 15) is 18.4 Å². The minimum Gasteiger partial charge on any atom is -0.395 e. The molecule has 1 amide bonds. The quantitative estimate of drug-likeness (QED) is 0.817. The lowest BCUT2D eigenvalue weighted by atomic mass is 10.1. The summed E-state index contributed by atoms with van der Waals surface area (Å²) in [5.74, 6) is -0.460. The summed E-state index contributed by atoms with van der Waals surface area (Å²) in [6.45, 7) is 3.56. The summed E-state index contributed by atoms with van der Waals surface area (Å²) in [6.07, 6.45) is -2.75. The lowest BCUT2D eigenvalue weighted by Crippen LogP contribution is -2.40. The summed E-state index contributed by atoms with van der Waals surface area (Å²) >= 11 is 0. The Bertz CT molecular complexity index is 558. The Morgan fingerprint density at radius 1 is 1.43 bits per heavy atom. The van der Waals surface area contributed by atoms with Crippen molar-refractivity contribution in [3.05, 3.63) is 27.4 Å². The Balaban J connectivity index is 3.19. The number of nitrogens with zero attached hydrogens (tertiary/aromatic N) is 2. The number of halogens is 2. The van der Waals surface area contributed by atoms with Crippen LogP contribution in [0.4, 0.5) is 8.78 Å². The Hall–Kier alpha value is -1.83. The molecular weight excluding hydrogens is 284 g/mol. The number of alkyl halides is 2. The van der Waals surface area contributed by atoms with Crippen LogP contribution in [0.2, 0.25) is 0 Å². The molecule has 6 nitrogen and oxygen atoms in total. The van der Waals surface area contributed by atoms with Crippen molar-refractivity contribution in [1.82, 2.24) is 14.9 Å². The fraction of sp³-hybridized carbons (Fsp3) is 0.615. The maximum Gasteiger partial charge on any atom is 0.264 e. The van der Waals surface area contributed by atoms with Crippen LogP contribution in [-0.2, 0) is 0 Å². The molecule has 0 spiro atoms. The van der Waals surface area contributed by atoms with Gasteiger partial charge in [0, 0.05) is 12.5 Å². The lowest BCUT2D eigenvalue weighted by molar-refractivity contribution is 0.0506. The first kappa shape index (κ1) is 17.2. The fourth-order valence-corrected chi connectivity index (χ4v) is 1.85. The van der Waals surface area contributed by atoms with Gasteiger partial charge in [-0.05, 0) is 6.92 Å². The van der Waals surface area contributed by atoms with Gasteiger partial charge in [-0.25, -0.2) is 13.8 Å². The summed E-state index contributed by atoms with van der Waals surface area (Å²) in [7, 11) is 0. The van der Waals surface area contributed by atoms with Crippen LogP contribution in [0.1, 0.15) is 41.6 Å². The third-order valence-corrected chi connectivity index (χ3v) is 2.89. The highest BCUT2D eigenvalue weighted by atomic mass is 19.3. The van der Waals surface area contributed by atoms with E-state index < -0.39 is 31.0 Å². The van der Waals surface area contributed by atoms with Crippen molar-refractivity contribution >= 4 is 5.91 Å². The van der Waals surface area contributed by atoms with Gasteiger partial charge in [0.15, 0.2) is 0 Å². The summed E-state index contributed by atoms with van der Waals surface area (Å²) in [5, 5.41) is 8.86. The number of aromatic nitrogens is 2. The van der Waals surface area contributed by atoms with Crippen LogP contribution < -0.4 is 5.56 Å². The van der Waals surface area contributed by atoms with Crippen LogP contribution in [0, 0.1) is 6.92 Å². The smallest absolute Gasteiger partial charge is 0.264 e. The van der Waals surface area contributed by atoms with Crippen molar-refractivity contribution in [2.75, 3.05) is 19.7 Å². The number of hydrogen-bond acceptors (Lipinski definition) is 4. The predicted molar refractivity (Wildman–Crippen MR) is 72.7 cm³/mol. The molecule has 2 N–H and O–H groups in total. The van der Waals surface area contributed by atoms with Gasteiger partial charge < -0.3 is 15.0 Å². The van der Waals surface area contributed by atoms with E-state index in [4.69, 9.17) is 5.11 Å². The average Bonchev–Trinajstić information content (AvgIpc) is 2.36. The third kappa shape index (κ3) is 4.32. The summed E-state index contributed by atoms with van der Waals surface area (Å²) in [5.41, 5.74) is -0.744.